The third-order valence-corrected chi connectivity index (χ3v) is 3.07. The van der Waals surface area contributed by atoms with E-state index in [1.807, 2.05) is 0 Å². The van der Waals surface area contributed by atoms with Crippen molar-refractivity contribution in [3.8, 4) is 0 Å². The number of rotatable bonds is 4. The molecule has 0 saturated heterocycles. The van der Waals surface area contributed by atoms with Crippen molar-refractivity contribution in [2.24, 2.45) is 11.7 Å². The molecule has 0 radical (unpaired) electrons. The Morgan fingerprint density at radius 3 is 2.37 bits per heavy atom. The first-order chi connectivity index (χ1) is 8.73. The number of nitrogens with two attached hydrogens (primary N) is 1. The van der Waals surface area contributed by atoms with Gasteiger partial charge in [0.2, 0.25) is 5.91 Å². The standard InChI is InChI=1S/C12H14Cl2N2O3/c1-5(2)9(15)11(17)16-10-7(12(18)19)3-6(13)4-8(10)14/h3-5,9H,15H2,1-2H3,(H,16,17)(H,18,19)/t9-/m0/s1. The summed E-state index contributed by atoms with van der Waals surface area (Å²) in [6, 6.07) is 1.81. The van der Waals surface area contributed by atoms with Crippen molar-refractivity contribution in [3.63, 3.8) is 0 Å². The Morgan fingerprint density at radius 2 is 1.89 bits per heavy atom. The zero-order valence-electron chi connectivity index (χ0n) is 10.4. The van der Waals surface area contributed by atoms with Crippen molar-refractivity contribution >= 4 is 40.8 Å². The maximum absolute atomic E-state index is 11.8. The second-order valence-electron chi connectivity index (χ2n) is 4.37. The molecule has 19 heavy (non-hydrogen) atoms. The minimum absolute atomic E-state index is 0.000309. The maximum Gasteiger partial charge on any atom is 0.337 e. The number of halogens is 2. The van der Waals surface area contributed by atoms with Crippen LogP contribution in [-0.2, 0) is 4.79 Å². The van der Waals surface area contributed by atoms with Gasteiger partial charge >= 0.3 is 5.97 Å². The number of carboxylic acid groups (broad SMARTS) is 1. The molecular formula is C12H14Cl2N2O3. The predicted octanol–water partition coefficient (Wildman–Crippen LogP) is 2.61. The summed E-state index contributed by atoms with van der Waals surface area (Å²) in [5.74, 6) is -1.82. The van der Waals surface area contributed by atoms with Crippen LogP contribution >= 0.6 is 23.2 Å². The van der Waals surface area contributed by atoms with Crippen molar-refractivity contribution in [2.75, 3.05) is 5.32 Å². The number of carbonyl (C=O) groups excluding carboxylic acids is 1. The molecule has 7 heteroatoms. The second kappa shape index (κ2) is 6.23. The average molecular weight is 305 g/mol. The SMILES string of the molecule is CC(C)[C@H](N)C(=O)Nc1c(Cl)cc(Cl)cc1C(=O)O. The summed E-state index contributed by atoms with van der Waals surface area (Å²) in [7, 11) is 0. The number of nitrogens with one attached hydrogen (secondary N) is 1. The van der Waals surface area contributed by atoms with Crippen molar-refractivity contribution < 1.29 is 14.7 Å². The van der Waals surface area contributed by atoms with Crippen LogP contribution in [0.1, 0.15) is 24.2 Å². The summed E-state index contributed by atoms with van der Waals surface area (Å²) in [6.45, 7) is 3.57. The fraction of sp³-hybridized carbons (Fsp3) is 0.333. The van der Waals surface area contributed by atoms with Gasteiger partial charge in [0.05, 0.1) is 22.3 Å². The third-order valence-electron chi connectivity index (χ3n) is 2.55. The molecule has 1 rings (SSSR count). The molecular weight excluding hydrogens is 291 g/mol. The first-order valence-corrected chi connectivity index (χ1v) is 6.28. The minimum atomic E-state index is -1.24. The summed E-state index contributed by atoms with van der Waals surface area (Å²) < 4.78 is 0. The first kappa shape index (κ1) is 15.8. The van der Waals surface area contributed by atoms with Crippen LogP contribution < -0.4 is 11.1 Å². The fourth-order valence-corrected chi connectivity index (χ4v) is 1.92. The second-order valence-corrected chi connectivity index (χ2v) is 5.22. The molecule has 0 spiro atoms. The van der Waals surface area contributed by atoms with E-state index in [0.29, 0.717) is 0 Å². The van der Waals surface area contributed by atoms with Gasteiger partial charge in [-0.1, -0.05) is 37.0 Å². The van der Waals surface area contributed by atoms with Gasteiger partial charge in [-0.05, 0) is 18.1 Å². The number of benzene rings is 1. The largest absolute Gasteiger partial charge is 0.478 e. The lowest BCUT2D eigenvalue weighted by Gasteiger charge is -2.17. The molecule has 4 N–H and O–H groups in total. The highest BCUT2D eigenvalue weighted by molar-refractivity contribution is 6.37. The number of amides is 1. The minimum Gasteiger partial charge on any atom is -0.478 e. The molecule has 0 aromatic heterocycles. The summed E-state index contributed by atoms with van der Waals surface area (Å²) >= 11 is 11.6. The lowest BCUT2D eigenvalue weighted by atomic mass is 10.0. The molecule has 0 heterocycles. The van der Waals surface area contributed by atoms with E-state index >= 15 is 0 Å². The Hall–Kier alpha value is -1.30. The number of carboxylic acids is 1. The highest BCUT2D eigenvalue weighted by Crippen LogP contribution is 2.30. The van der Waals surface area contributed by atoms with Gasteiger partial charge < -0.3 is 16.2 Å². The summed E-state index contributed by atoms with van der Waals surface area (Å²) in [5.41, 5.74) is 5.51. The topological polar surface area (TPSA) is 92.4 Å². The molecule has 0 aliphatic rings. The van der Waals surface area contributed by atoms with E-state index in [1.54, 1.807) is 13.8 Å². The summed E-state index contributed by atoms with van der Waals surface area (Å²) in [5, 5.41) is 11.7. The Morgan fingerprint density at radius 1 is 1.32 bits per heavy atom. The average Bonchev–Trinajstić information content (AvgIpc) is 2.30. The number of aromatic carboxylic acids is 1. The smallest absolute Gasteiger partial charge is 0.337 e. The van der Waals surface area contributed by atoms with Crippen LogP contribution in [0.4, 0.5) is 5.69 Å². The van der Waals surface area contributed by atoms with Crippen molar-refractivity contribution in [3.05, 3.63) is 27.7 Å². The van der Waals surface area contributed by atoms with E-state index < -0.39 is 17.9 Å². The molecule has 104 valence electrons. The van der Waals surface area contributed by atoms with Crippen molar-refractivity contribution in [1.82, 2.24) is 0 Å². The van der Waals surface area contributed by atoms with Crippen LogP contribution in [0.5, 0.6) is 0 Å². The molecule has 1 aromatic carbocycles. The Kier molecular flexibility index (Phi) is 5.17. The van der Waals surface area contributed by atoms with Crippen molar-refractivity contribution in [2.45, 2.75) is 19.9 Å². The van der Waals surface area contributed by atoms with Crippen LogP contribution in [0.15, 0.2) is 12.1 Å². The normalized spacial score (nSPS) is 12.3. The van der Waals surface area contributed by atoms with Crippen molar-refractivity contribution in [1.29, 1.82) is 0 Å². The van der Waals surface area contributed by atoms with Crippen LogP contribution in [0.3, 0.4) is 0 Å². The molecule has 0 unspecified atom stereocenters. The molecule has 1 aromatic rings. The molecule has 0 saturated carbocycles. The van der Waals surface area contributed by atoms with Gasteiger partial charge in [-0.25, -0.2) is 4.79 Å². The third kappa shape index (κ3) is 3.83. The molecule has 1 atom stereocenters. The fourth-order valence-electron chi connectivity index (χ4n) is 1.38. The molecule has 0 aliphatic heterocycles. The van der Waals surface area contributed by atoms with Gasteiger partial charge in [0.15, 0.2) is 0 Å². The van der Waals surface area contributed by atoms with E-state index in [-0.39, 0.29) is 27.2 Å². The maximum atomic E-state index is 11.8. The zero-order valence-corrected chi connectivity index (χ0v) is 11.9. The van der Waals surface area contributed by atoms with Crippen LogP contribution in [0, 0.1) is 5.92 Å². The van der Waals surface area contributed by atoms with Gasteiger partial charge in [0.25, 0.3) is 0 Å². The highest BCUT2D eigenvalue weighted by Gasteiger charge is 2.22. The lowest BCUT2D eigenvalue weighted by Crippen LogP contribution is -2.40. The summed E-state index contributed by atoms with van der Waals surface area (Å²) in [6.07, 6.45) is 0. The van der Waals surface area contributed by atoms with E-state index in [4.69, 9.17) is 34.0 Å². The molecule has 0 fully saturated rings. The molecule has 5 nitrogen and oxygen atoms in total. The van der Waals surface area contributed by atoms with E-state index in [9.17, 15) is 9.59 Å². The predicted molar refractivity (Wildman–Crippen MR) is 74.9 cm³/mol. The Bertz CT molecular complexity index is 518. The van der Waals surface area contributed by atoms with E-state index in [2.05, 4.69) is 5.32 Å². The van der Waals surface area contributed by atoms with Crippen LogP contribution in [0.25, 0.3) is 0 Å². The number of anilines is 1. The van der Waals surface area contributed by atoms with E-state index in [0.717, 1.165) is 0 Å². The summed E-state index contributed by atoms with van der Waals surface area (Å²) in [4.78, 5) is 23.0. The van der Waals surface area contributed by atoms with Gasteiger partial charge in [-0.2, -0.15) is 0 Å². The monoisotopic (exact) mass is 304 g/mol. The number of hydrogen-bond donors (Lipinski definition) is 3. The molecule has 1 amide bonds. The quantitative estimate of drug-likeness (QED) is 0.797. The number of carbonyl (C=O) groups is 2. The lowest BCUT2D eigenvalue weighted by molar-refractivity contribution is -0.118. The highest BCUT2D eigenvalue weighted by atomic mass is 35.5. The zero-order chi connectivity index (χ0) is 14.7. The molecule has 0 aliphatic carbocycles. The first-order valence-electron chi connectivity index (χ1n) is 5.52. The Balaban J connectivity index is 3.14. The Labute approximate surface area is 120 Å². The van der Waals surface area contributed by atoms with E-state index in [1.165, 1.54) is 12.1 Å². The van der Waals surface area contributed by atoms with Crippen LogP contribution in [-0.4, -0.2) is 23.0 Å². The van der Waals surface area contributed by atoms with Gasteiger partial charge in [0.1, 0.15) is 0 Å². The van der Waals surface area contributed by atoms with Crippen LogP contribution in [0.2, 0.25) is 10.0 Å². The van der Waals surface area contributed by atoms with Gasteiger partial charge in [-0.3, -0.25) is 4.79 Å². The van der Waals surface area contributed by atoms with Gasteiger partial charge in [-0.15, -0.1) is 0 Å². The number of hydrogen-bond acceptors (Lipinski definition) is 3. The molecule has 0 bridgehead atoms. The van der Waals surface area contributed by atoms with Gasteiger partial charge in [0, 0.05) is 5.02 Å².